The second-order valence-electron chi connectivity index (χ2n) is 11.6. The molecule has 0 radical (unpaired) electrons. The minimum atomic E-state index is -1.05. The standard InChI is InChI=1S/C30H50N4O3/c1-22-16-23(2)18-27(17-22)30(37,13-9-14-32-24(3)35)26-12-8-15-34(21-26)29(36)33-28(20-31-4)19-25-10-6-5-7-11-25/h16-18,25-26,28,31,37H,5-15,19-21H2,1-4H3,(H,32,35)(H,33,36)/t26?,28?,30-/m0/s1. The van der Waals surface area contributed by atoms with Crippen LogP contribution in [-0.4, -0.2) is 61.2 Å². The first kappa shape index (κ1) is 29.4. The summed E-state index contributed by atoms with van der Waals surface area (Å²) in [5, 5.41) is 21.7. The molecule has 1 heterocycles. The number of aliphatic hydroxyl groups is 1. The average molecular weight is 515 g/mol. The highest BCUT2D eigenvalue weighted by atomic mass is 16.3. The number of likely N-dealkylation sites (tertiary alicyclic amines) is 1. The van der Waals surface area contributed by atoms with E-state index in [-0.39, 0.29) is 23.9 Å². The van der Waals surface area contributed by atoms with Crippen LogP contribution < -0.4 is 16.0 Å². The summed E-state index contributed by atoms with van der Waals surface area (Å²) < 4.78 is 0. The molecule has 2 fully saturated rings. The molecule has 0 spiro atoms. The number of aryl methyl sites for hydroxylation is 2. The summed E-state index contributed by atoms with van der Waals surface area (Å²) in [6, 6.07) is 6.39. The zero-order chi connectivity index (χ0) is 26.8. The summed E-state index contributed by atoms with van der Waals surface area (Å²) in [5.41, 5.74) is 2.11. The molecule has 1 saturated heterocycles. The van der Waals surface area contributed by atoms with Gasteiger partial charge in [-0.2, -0.15) is 0 Å². The number of likely N-dealkylation sites (N-methyl/N-ethyl adjacent to an activating group) is 1. The lowest BCUT2D eigenvalue weighted by Crippen LogP contribution is -2.54. The van der Waals surface area contributed by atoms with Crippen LogP contribution in [0.25, 0.3) is 0 Å². The molecule has 37 heavy (non-hydrogen) atoms. The number of hydrogen-bond donors (Lipinski definition) is 4. The molecule has 3 atom stereocenters. The van der Waals surface area contributed by atoms with Gasteiger partial charge in [-0.3, -0.25) is 4.79 Å². The largest absolute Gasteiger partial charge is 0.385 e. The highest BCUT2D eigenvalue weighted by Gasteiger charge is 2.41. The van der Waals surface area contributed by atoms with E-state index in [9.17, 15) is 14.7 Å². The van der Waals surface area contributed by atoms with Gasteiger partial charge in [-0.25, -0.2) is 4.79 Å². The number of nitrogens with zero attached hydrogens (tertiary/aromatic N) is 1. The average Bonchev–Trinajstić information content (AvgIpc) is 2.86. The Bertz CT molecular complexity index is 865. The van der Waals surface area contributed by atoms with Crippen LogP contribution in [-0.2, 0) is 10.4 Å². The minimum Gasteiger partial charge on any atom is -0.385 e. The molecular formula is C30H50N4O3. The summed E-state index contributed by atoms with van der Waals surface area (Å²) in [6.45, 7) is 8.19. The van der Waals surface area contributed by atoms with Crippen molar-refractivity contribution in [2.45, 2.75) is 96.6 Å². The SMILES string of the molecule is CNCC(CC1CCCCC1)NC(=O)N1CCCC([C@@](O)(CCCNC(C)=O)c2cc(C)cc(C)c2)C1. The van der Waals surface area contributed by atoms with Crippen molar-refractivity contribution >= 4 is 11.9 Å². The first-order valence-electron chi connectivity index (χ1n) is 14.5. The van der Waals surface area contributed by atoms with Crippen LogP contribution >= 0.6 is 0 Å². The Morgan fingerprint density at radius 2 is 1.78 bits per heavy atom. The maximum atomic E-state index is 13.4. The van der Waals surface area contributed by atoms with Gasteiger partial charge >= 0.3 is 6.03 Å². The third kappa shape index (κ3) is 8.71. The van der Waals surface area contributed by atoms with Crippen LogP contribution in [0.3, 0.4) is 0 Å². The van der Waals surface area contributed by atoms with E-state index in [0.717, 1.165) is 42.5 Å². The van der Waals surface area contributed by atoms with Gasteiger partial charge in [-0.15, -0.1) is 0 Å². The van der Waals surface area contributed by atoms with Crippen molar-refractivity contribution in [2.75, 3.05) is 33.2 Å². The molecule has 4 N–H and O–H groups in total. The lowest BCUT2D eigenvalue weighted by molar-refractivity contribution is -0.119. The van der Waals surface area contributed by atoms with E-state index in [2.05, 4.69) is 48.0 Å². The number of nitrogens with one attached hydrogen (secondary N) is 3. The summed E-state index contributed by atoms with van der Waals surface area (Å²) in [7, 11) is 1.95. The van der Waals surface area contributed by atoms with Gasteiger partial charge in [0, 0.05) is 45.1 Å². The molecule has 0 bridgehead atoms. The quantitative estimate of drug-likeness (QED) is 0.330. The number of rotatable bonds is 11. The Kier molecular flexibility index (Phi) is 11.3. The van der Waals surface area contributed by atoms with Crippen LogP contribution in [0.4, 0.5) is 4.79 Å². The smallest absolute Gasteiger partial charge is 0.317 e. The van der Waals surface area contributed by atoms with E-state index in [1.165, 1.54) is 39.0 Å². The highest BCUT2D eigenvalue weighted by Crippen LogP contribution is 2.40. The Hall–Kier alpha value is -2.12. The van der Waals surface area contributed by atoms with Crippen molar-refractivity contribution in [3.8, 4) is 0 Å². The Labute approximate surface area is 224 Å². The van der Waals surface area contributed by atoms with E-state index in [4.69, 9.17) is 0 Å². The third-order valence-electron chi connectivity index (χ3n) is 8.33. The second kappa shape index (κ2) is 14.1. The molecule has 2 aliphatic rings. The summed E-state index contributed by atoms with van der Waals surface area (Å²) in [6.07, 6.45) is 10.5. The number of urea groups is 1. The first-order valence-corrected chi connectivity index (χ1v) is 14.5. The number of carbonyl (C=O) groups is 2. The topological polar surface area (TPSA) is 93.7 Å². The van der Waals surface area contributed by atoms with Crippen LogP contribution in [0.15, 0.2) is 18.2 Å². The first-order chi connectivity index (χ1) is 17.7. The van der Waals surface area contributed by atoms with Crippen molar-refractivity contribution in [1.82, 2.24) is 20.9 Å². The van der Waals surface area contributed by atoms with Gasteiger partial charge in [0.1, 0.15) is 0 Å². The fourth-order valence-electron chi connectivity index (χ4n) is 6.51. The van der Waals surface area contributed by atoms with E-state index < -0.39 is 5.60 Å². The van der Waals surface area contributed by atoms with Gasteiger partial charge in [0.25, 0.3) is 0 Å². The number of benzene rings is 1. The maximum Gasteiger partial charge on any atom is 0.317 e. The molecule has 7 nitrogen and oxygen atoms in total. The van der Waals surface area contributed by atoms with Crippen LogP contribution in [0.5, 0.6) is 0 Å². The predicted octanol–water partition coefficient (Wildman–Crippen LogP) is 4.39. The molecule has 208 valence electrons. The molecule has 1 aromatic carbocycles. The minimum absolute atomic E-state index is 0.0122. The molecule has 1 saturated carbocycles. The summed E-state index contributed by atoms with van der Waals surface area (Å²) in [5.74, 6) is 0.575. The third-order valence-corrected chi connectivity index (χ3v) is 8.33. The molecule has 1 aliphatic carbocycles. The Balaban J connectivity index is 1.71. The van der Waals surface area contributed by atoms with Gasteiger partial charge < -0.3 is 26.0 Å². The van der Waals surface area contributed by atoms with Crippen molar-refractivity contribution < 1.29 is 14.7 Å². The van der Waals surface area contributed by atoms with Gasteiger partial charge in [0.05, 0.1) is 5.60 Å². The number of hydrogen-bond acceptors (Lipinski definition) is 4. The Morgan fingerprint density at radius 3 is 2.43 bits per heavy atom. The fraction of sp³-hybridized carbons (Fsp3) is 0.733. The van der Waals surface area contributed by atoms with Crippen molar-refractivity contribution in [3.63, 3.8) is 0 Å². The van der Waals surface area contributed by atoms with Crippen molar-refractivity contribution in [1.29, 1.82) is 0 Å². The van der Waals surface area contributed by atoms with Crippen LogP contribution in [0, 0.1) is 25.7 Å². The van der Waals surface area contributed by atoms with E-state index >= 15 is 0 Å². The van der Waals surface area contributed by atoms with Crippen LogP contribution in [0.1, 0.15) is 87.8 Å². The normalized spacial score (nSPS) is 21.2. The lowest BCUT2D eigenvalue weighted by Gasteiger charge is -2.43. The number of amides is 3. The number of carbonyl (C=O) groups excluding carboxylic acids is 2. The van der Waals surface area contributed by atoms with Gasteiger partial charge in [0.15, 0.2) is 0 Å². The van der Waals surface area contributed by atoms with E-state index in [1.54, 1.807) is 0 Å². The Morgan fingerprint density at radius 1 is 1.08 bits per heavy atom. The molecule has 3 amide bonds. The van der Waals surface area contributed by atoms with Gasteiger partial charge in [-0.05, 0) is 64.5 Å². The lowest BCUT2D eigenvalue weighted by atomic mass is 9.73. The molecule has 7 heteroatoms. The summed E-state index contributed by atoms with van der Waals surface area (Å²) >= 11 is 0. The van der Waals surface area contributed by atoms with Crippen molar-refractivity contribution in [2.24, 2.45) is 11.8 Å². The van der Waals surface area contributed by atoms with Crippen LogP contribution in [0.2, 0.25) is 0 Å². The molecule has 3 rings (SSSR count). The van der Waals surface area contributed by atoms with E-state index in [1.807, 2.05) is 11.9 Å². The zero-order valence-electron chi connectivity index (χ0n) is 23.6. The number of piperidine rings is 1. The molecule has 0 aromatic heterocycles. The van der Waals surface area contributed by atoms with E-state index in [0.29, 0.717) is 38.4 Å². The van der Waals surface area contributed by atoms with Gasteiger partial charge in [-0.1, -0.05) is 61.4 Å². The predicted molar refractivity (Wildman–Crippen MR) is 149 cm³/mol. The molecule has 1 aliphatic heterocycles. The molecule has 2 unspecified atom stereocenters. The fourth-order valence-corrected chi connectivity index (χ4v) is 6.51. The highest BCUT2D eigenvalue weighted by molar-refractivity contribution is 5.74. The zero-order valence-corrected chi connectivity index (χ0v) is 23.6. The summed E-state index contributed by atoms with van der Waals surface area (Å²) in [4.78, 5) is 26.7. The monoisotopic (exact) mass is 514 g/mol. The second-order valence-corrected chi connectivity index (χ2v) is 11.6. The molecular weight excluding hydrogens is 464 g/mol. The maximum absolute atomic E-state index is 13.4. The molecule has 1 aromatic rings. The van der Waals surface area contributed by atoms with Crippen molar-refractivity contribution in [3.05, 3.63) is 34.9 Å². The van der Waals surface area contributed by atoms with Gasteiger partial charge in [0.2, 0.25) is 5.91 Å².